The molecule has 11 nitrogen and oxygen atoms in total. The molecule has 0 atom stereocenters. The first-order valence-corrected chi connectivity index (χ1v) is 13.0. The van der Waals surface area contributed by atoms with Gasteiger partial charge in [-0.05, 0) is 19.8 Å². The summed E-state index contributed by atoms with van der Waals surface area (Å²) < 4.78 is 20.7. The zero-order chi connectivity index (χ0) is 25.0. The summed E-state index contributed by atoms with van der Waals surface area (Å²) in [7, 11) is 1.62. The highest BCUT2D eigenvalue weighted by molar-refractivity contribution is 7.09. The summed E-state index contributed by atoms with van der Waals surface area (Å²) in [5, 5.41) is 2.75. The van der Waals surface area contributed by atoms with Crippen LogP contribution in [0.1, 0.15) is 41.2 Å². The molecule has 0 saturated carbocycles. The van der Waals surface area contributed by atoms with Gasteiger partial charge in [-0.3, -0.25) is 9.59 Å². The maximum absolute atomic E-state index is 12.9. The number of piperidine rings is 1. The van der Waals surface area contributed by atoms with Crippen molar-refractivity contribution in [3.8, 4) is 0 Å². The van der Waals surface area contributed by atoms with Crippen molar-refractivity contribution < 1.29 is 33.3 Å². The standard InChI is InChI=1S/C23H36N4O7S/c1-3-34-23(30)27-10-8-26(9-11-27)22(29)19-17-35-21(24-19)18-4-6-25(7-5-18)20(28)16-33-15-14-32-13-12-31-2/h17-18H,3-16H2,1-2H3. The van der Waals surface area contributed by atoms with Crippen molar-refractivity contribution in [2.24, 2.45) is 0 Å². The lowest BCUT2D eigenvalue weighted by Gasteiger charge is -2.33. The highest BCUT2D eigenvalue weighted by Crippen LogP contribution is 2.30. The second-order valence-electron chi connectivity index (χ2n) is 8.36. The number of rotatable bonds is 11. The van der Waals surface area contributed by atoms with E-state index >= 15 is 0 Å². The quantitative estimate of drug-likeness (QED) is 0.410. The molecule has 1 aromatic heterocycles. The van der Waals surface area contributed by atoms with Crippen LogP contribution in [0.5, 0.6) is 0 Å². The molecule has 3 heterocycles. The first kappa shape index (κ1) is 27.3. The fourth-order valence-corrected chi connectivity index (χ4v) is 5.00. The van der Waals surface area contributed by atoms with Crippen LogP contribution in [0.2, 0.25) is 0 Å². The highest BCUT2D eigenvalue weighted by atomic mass is 32.1. The van der Waals surface area contributed by atoms with Gasteiger partial charge in [-0.1, -0.05) is 0 Å². The van der Waals surface area contributed by atoms with Gasteiger partial charge in [0.15, 0.2) is 0 Å². The number of hydrogen-bond donors (Lipinski definition) is 0. The lowest BCUT2D eigenvalue weighted by molar-refractivity contribution is -0.137. The Morgan fingerprint density at radius 2 is 1.60 bits per heavy atom. The predicted molar refractivity (Wildman–Crippen MR) is 129 cm³/mol. The fraction of sp³-hybridized carbons (Fsp3) is 0.739. The summed E-state index contributed by atoms with van der Waals surface area (Å²) in [6.45, 7) is 7.17. The predicted octanol–water partition coefficient (Wildman–Crippen LogP) is 1.44. The molecule has 0 N–H and O–H groups in total. The Hall–Kier alpha value is -2.28. The Morgan fingerprint density at radius 3 is 2.29 bits per heavy atom. The molecular weight excluding hydrogens is 476 g/mol. The van der Waals surface area contributed by atoms with E-state index in [4.69, 9.17) is 18.9 Å². The molecule has 2 aliphatic rings. The van der Waals surface area contributed by atoms with Crippen LogP contribution in [0.3, 0.4) is 0 Å². The molecule has 12 heteroatoms. The molecule has 3 amide bonds. The second-order valence-corrected chi connectivity index (χ2v) is 9.25. The van der Waals surface area contributed by atoms with Crippen LogP contribution >= 0.6 is 11.3 Å². The van der Waals surface area contributed by atoms with Gasteiger partial charge in [0, 0.05) is 57.7 Å². The molecule has 2 aliphatic heterocycles. The highest BCUT2D eigenvalue weighted by Gasteiger charge is 2.29. The van der Waals surface area contributed by atoms with E-state index in [-0.39, 0.29) is 30.4 Å². The zero-order valence-electron chi connectivity index (χ0n) is 20.6. The average Bonchev–Trinajstić information content (AvgIpc) is 3.38. The molecule has 2 fully saturated rings. The Morgan fingerprint density at radius 1 is 0.943 bits per heavy atom. The van der Waals surface area contributed by atoms with Gasteiger partial charge >= 0.3 is 6.09 Å². The lowest BCUT2D eigenvalue weighted by Crippen LogP contribution is -2.50. The number of piperazine rings is 1. The van der Waals surface area contributed by atoms with Crippen molar-refractivity contribution in [1.29, 1.82) is 0 Å². The van der Waals surface area contributed by atoms with Crippen LogP contribution in [0.15, 0.2) is 5.38 Å². The molecule has 2 saturated heterocycles. The Kier molecular flexibility index (Phi) is 11.2. The zero-order valence-corrected chi connectivity index (χ0v) is 21.4. The van der Waals surface area contributed by atoms with Crippen LogP contribution in [0, 0.1) is 0 Å². The first-order chi connectivity index (χ1) is 17.0. The Bertz CT molecular complexity index is 821. The average molecular weight is 513 g/mol. The summed E-state index contributed by atoms with van der Waals surface area (Å²) in [5.41, 5.74) is 0.453. The number of hydrogen-bond acceptors (Lipinski definition) is 9. The van der Waals surface area contributed by atoms with Crippen molar-refractivity contribution in [3.63, 3.8) is 0 Å². The monoisotopic (exact) mass is 512 g/mol. The smallest absolute Gasteiger partial charge is 0.409 e. The molecule has 1 aromatic rings. The molecule has 196 valence electrons. The third-order valence-electron chi connectivity index (χ3n) is 6.06. The van der Waals surface area contributed by atoms with Gasteiger partial charge in [0.25, 0.3) is 5.91 Å². The summed E-state index contributed by atoms with van der Waals surface area (Å²) in [6.07, 6.45) is 1.29. The number of methoxy groups -OCH3 is 1. The van der Waals surface area contributed by atoms with Gasteiger partial charge in [0.2, 0.25) is 5.91 Å². The van der Waals surface area contributed by atoms with Crippen LogP contribution in [-0.2, 0) is 23.7 Å². The van der Waals surface area contributed by atoms with Crippen molar-refractivity contribution >= 4 is 29.2 Å². The van der Waals surface area contributed by atoms with Gasteiger partial charge in [-0.15, -0.1) is 11.3 Å². The van der Waals surface area contributed by atoms with Crippen molar-refractivity contribution in [2.45, 2.75) is 25.7 Å². The number of thiazole rings is 1. The molecular formula is C23H36N4O7S. The van der Waals surface area contributed by atoms with Crippen molar-refractivity contribution in [2.75, 3.05) is 86.0 Å². The third-order valence-corrected chi connectivity index (χ3v) is 7.07. The molecule has 0 aromatic carbocycles. The van der Waals surface area contributed by atoms with E-state index in [1.54, 1.807) is 23.8 Å². The van der Waals surface area contributed by atoms with Gasteiger partial charge in [-0.25, -0.2) is 9.78 Å². The molecule has 35 heavy (non-hydrogen) atoms. The van der Waals surface area contributed by atoms with Gasteiger partial charge in [-0.2, -0.15) is 0 Å². The Labute approximate surface area is 210 Å². The number of carbonyl (C=O) groups excluding carboxylic acids is 3. The van der Waals surface area contributed by atoms with E-state index in [0.717, 1.165) is 17.8 Å². The van der Waals surface area contributed by atoms with E-state index in [9.17, 15) is 14.4 Å². The van der Waals surface area contributed by atoms with Crippen molar-refractivity contribution in [3.05, 3.63) is 16.1 Å². The number of ether oxygens (including phenoxy) is 4. The minimum atomic E-state index is -0.334. The summed E-state index contributed by atoms with van der Waals surface area (Å²) in [6, 6.07) is 0. The van der Waals surface area contributed by atoms with E-state index in [1.165, 1.54) is 11.3 Å². The number of amides is 3. The first-order valence-electron chi connectivity index (χ1n) is 12.1. The van der Waals surface area contributed by atoms with Gasteiger partial charge in [0.05, 0.1) is 38.0 Å². The van der Waals surface area contributed by atoms with Crippen LogP contribution in [-0.4, -0.2) is 124 Å². The SMILES string of the molecule is CCOC(=O)N1CCN(C(=O)c2csc(C3CCN(C(=O)COCCOCCOC)CC3)n2)CC1. The summed E-state index contributed by atoms with van der Waals surface area (Å²) >= 11 is 1.50. The maximum atomic E-state index is 12.9. The number of nitrogens with zero attached hydrogens (tertiary/aromatic N) is 4. The minimum absolute atomic E-state index is 0.0164. The van der Waals surface area contributed by atoms with Crippen LogP contribution < -0.4 is 0 Å². The van der Waals surface area contributed by atoms with E-state index in [0.29, 0.717) is 78.0 Å². The number of likely N-dealkylation sites (tertiary alicyclic amines) is 1. The molecule has 3 rings (SSSR count). The molecule has 0 radical (unpaired) electrons. The number of aromatic nitrogens is 1. The van der Waals surface area contributed by atoms with E-state index in [2.05, 4.69) is 4.98 Å². The molecule has 0 bridgehead atoms. The van der Waals surface area contributed by atoms with E-state index < -0.39 is 0 Å². The number of carbonyl (C=O) groups is 3. The van der Waals surface area contributed by atoms with Gasteiger partial charge < -0.3 is 33.6 Å². The molecule has 0 unspecified atom stereocenters. The van der Waals surface area contributed by atoms with Crippen LogP contribution in [0.25, 0.3) is 0 Å². The summed E-state index contributed by atoms with van der Waals surface area (Å²) in [5.74, 6) is 0.116. The largest absolute Gasteiger partial charge is 0.450 e. The third kappa shape index (κ3) is 8.13. The molecule has 0 spiro atoms. The molecule has 0 aliphatic carbocycles. The maximum Gasteiger partial charge on any atom is 0.409 e. The van der Waals surface area contributed by atoms with Gasteiger partial charge in [0.1, 0.15) is 12.3 Å². The lowest BCUT2D eigenvalue weighted by atomic mass is 9.97. The fourth-order valence-electron chi connectivity index (χ4n) is 4.03. The van der Waals surface area contributed by atoms with Crippen LogP contribution in [0.4, 0.5) is 4.79 Å². The summed E-state index contributed by atoms with van der Waals surface area (Å²) in [4.78, 5) is 46.9. The topological polar surface area (TPSA) is 111 Å². The van der Waals surface area contributed by atoms with E-state index in [1.807, 2.05) is 10.3 Å². The minimum Gasteiger partial charge on any atom is -0.450 e. The normalized spacial score (nSPS) is 17.0. The Balaban J connectivity index is 1.37. The van der Waals surface area contributed by atoms with Crippen molar-refractivity contribution in [1.82, 2.24) is 19.7 Å². The second kappa shape index (κ2) is 14.3.